The maximum atomic E-state index is 12.4. The van der Waals surface area contributed by atoms with Gasteiger partial charge in [0.25, 0.3) is 0 Å². The van der Waals surface area contributed by atoms with Gasteiger partial charge in [-0.3, -0.25) is 0 Å². The molecule has 142 valence electrons. The highest BCUT2D eigenvalue weighted by Crippen LogP contribution is 2.40. The lowest BCUT2D eigenvalue weighted by atomic mass is 9.79. The number of aryl methyl sites for hydroxylation is 1. The van der Waals surface area contributed by atoms with E-state index < -0.39 is 14.8 Å². The summed E-state index contributed by atoms with van der Waals surface area (Å²) in [4.78, 5) is 0. The Balaban J connectivity index is 1.71. The minimum Gasteiger partial charge on any atom is -0.212 e. The fourth-order valence-corrected chi connectivity index (χ4v) is 4.77. The third-order valence-corrected chi connectivity index (χ3v) is 7.85. The Hall–Kier alpha value is -1.91. The average Bonchev–Trinajstić information content (AvgIpc) is 2.65. The molecule has 0 spiro atoms. The first-order valence-electron chi connectivity index (χ1n) is 9.69. The number of sulfonamides is 1. The number of fused-ring (bicyclic) bond motifs is 4. The van der Waals surface area contributed by atoms with Crippen LogP contribution in [0.15, 0.2) is 48.1 Å². The molecule has 0 aliphatic heterocycles. The number of hydrogen-bond donors (Lipinski definition) is 1. The lowest BCUT2D eigenvalue weighted by Gasteiger charge is -2.25. The largest absolute Gasteiger partial charge is 0.216 e. The van der Waals surface area contributed by atoms with Crippen LogP contribution < -0.4 is 4.72 Å². The first-order valence-corrected chi connectivity index (χ1v) is 11.2. The normalized spacial score (nSPS) is 17.1. The number of hydrogen-bond acceptors (Lipinski definition) is 2. The summed E-state index contributed by atoms with van der Waals surface area (Å²) in [5, 5.41) is 2.48. The highest BCUT2D eigenvalue weighted by atomic mass is 32.2. The molecule has 2 aliphatic rings. The Morgan fingerprint density at radius 3 is 2.59 bits per heavy atom. The molecular formula is C23H27NO2S. The number of nitrogens with one attached hydrogen (secondary N) is 1. The first-order chi connectivity index (χ1) is 12.8. The predicted molar refractivity (Wildman–Crippen MR) is 113 cm³/mol. The minimum atomic E-state index is -3.35. The van der Waals surface area contributed by atoms with Crippen molar-refractivity contribution in [3.05, 3.63) is 64.7 Å². The average molecular weight is 382 g/mol. The molecule has 0 amide bonds. The Labute approximate surface area is 162 Å². The summed E-state index contributed by atoms with van der Waals surface area (Å²) >= 11 is 0. The van der Waals surface area contributed by atoms with Crippen molar-refractivity contribution in [1.29, 1.82) is 0 Å². The second-order valence-electron chi connectivity index (χ2n) is 8.54. The van der Waals surface area contributed by atoms with E-state index in [4.69, 9.17) is 0 Å². The molecular weight excluding hydrogens is 354 g/mol. The van der Waals surface area contributed by atoms with Gasteiger partial charge in [-0.15, -0.1) is 0 Å². The molecule has 0 saturated carbocycles. The molecule has 0 unspecified atom stereocenters. The third kappa shape index (κ3) is 3.37. The van der Waals surface area contributed by atoms with E-state index in [9.17, 15) is 8.42 Å². The van der Waals surface area contributed by atoms with E-state index >= 15 is 0 Å². The summed E-state index contributed by atoms with van der Waals surface area (Å²) in [6.07, 6.45) is 9.08. The summed E-state index contributed by atoms with van der Waals surface area (Å²) in [5.74, 6) is 0. The van der Waals surface area contributed by atoms with Gasteiger partial charge in [0.2, 0.25) is 10.0 Å². The van der Waals surface area contributed by atoms with E-state index in [2.05, 4.69) is 41.1 Å². The molecule has 1 N–H and O–H groups in total. The third-order valence-electron chi connectivity index (χ3n) is 5.72. The lowest BCUT2D eigenvalue weighted by molar-refractivity contribution is 0.544. The van der Waals surface area contributed by atoms with Gasteiger partial charge in [0.05, 0.1) is 4.75 Å². The molecule has 2 aliphatic carbocycles. The molecule has 0 aromatic heterocycles. The smallest absolute Gasteiger partial charge is 0.212 e. The van der Waals surface area contributed by atoms with Crippen LogP contribution in [0.1, 0.15) is 56.7 Å². The maximum absolute atomic E-state index is 12.4. The van der Waals surface area contributed by atoms with Crippen LogP contribution in [-0.2, 0) is 23.0 Å². The van der Waals surface area contributed by atoms with E-state index in [1.165, 1.54) is 33.9 Å². The van der Waals surface area contributed by atoms with Gasteiger partial charge in [0, 0.05) is 6.54 Å². The molecule has 0 bridgehead atoms. The van der Waals surface area contributed by atoms with Crippen molar-refractivity contribution < 1.29 is 8.42 Å². The van der Waals surface area contributed by atoms with Crippen molar-refractivity contribution in [2.75, 3.05) is 0 Å². The highest BCUT2D eigenvalue weighted by molar-refractivity contribution is 7.90. The molecule has 2 aromatic rings. The van der Waals surface area contributed by atoms with Crippen LogP contribution in [0.5, 0.6) is 0 Å². The number of benzene rings is 2. The van der Waals surface area contributed by atoms with E-state index in [0.717, 1.165) is 24.8 Å². The Morgan fingerprint density at radius 1 is 1.04 bits per heavy atom. The molecule has 27 heavy (non-hydrogen) atoms. The molecule has 0 heterocycles. The lowest BCUT2D eigenvalue weighted by Crippen LogP contribution is -2.38. The molecule has 3 nitrogen and oxygen atoms in total. The van der Waals surface area contributed by atoms with Crippen LogP contribution in [0.2, 0.25) is 0 Å². The van der Waals surface area contributed by atoms with Gasteiger partial charge in [-0.05, 0) is 85.6 Å². The Kier molecular flexibility index (Phi) is 4.52. The van der Waals surface area contributed by atoms with E-state index in [0.29, 0.717) is 6.54 Å². The van der Waals surface area contributed by atoms with Crippen LogP contribution in [0, 0.1) is 0 Å². The van der Waals surface area contributed by atoms with E-state index in [1.54, 1.807) is 26.3 Å². The zero-order chi connectivity index (χ0) is 19.2. The van der Waals surface area contributed by atoms with Crippen LogP contribution >= 0.6 is 0 Å². The van der Waals surface area contributed by atoms with Crippen molar-refractivity contribution in [3.63, 3.8) is 0 Å². The predicted octanol–water partition coefficient (Wildman–Crippen LogP) is 5.11. The molecule has 0 radical (unpaired) electrons. The van der Waals surface area contributed by atoms with Gasteiger partial charge in [-0.25, -0.2) is 13.1 Å². The summed E-state index contributed by atoms with van der Waals surface area (Å²) in [5.41, 5.74) is 6.75. The minimum absolute atomic E-state index is 0.326. The van der Waals surface area contributed by atoms with E-state index in [1.807, 2.05) is 6.07 Å². The highest BCUT2D eigenvalue weighted by Gasteiger charge is 2.28. The van der Waals surface area contributed by atoms with Crippen LogP contribution in [0.3, 0.4) is 0 Å². The fourth-order valence-electron chi connectivity index (χ4n) is 3.98. The van der Waals surface area contributed by atoms with Crippen LogP contribution in [0.4, 0.5) is 0 Å². The van der Waals surface area contributed by atoms with Crippen LogP contribution in [-0.4, -0.2) is 13.2 Å². The zero-order valence-electron chi connectivity index (χ0n) is 16.3. The van der Waals surface area contributed by atoms with Crippen molar-refractivity contribution >= 4 is 26.4 Å². The molecule has 4 heteroatoms. The molecule has 0 atom stereocenters. The topological polar surface area (TPSA) is 46.2 Å². The van der Waals surface area contributed by atoms with Crippen LogP contribution in [0.25, 0.3) is 16.3 Å². The van der Waals surface area contributed by atoms with Crippen molar-refractivity contribution in [3.8, 4) is 0 Å². The van der Waals surface area contributed by atoms with Crippen molar-refractivity contribution in [2.45, 2.75) is 57.7 Å². The standard InChI is InChI=1S/C23H27NO2S/c1-23(2,3)27(25,26)24-15-16-8-9-18-11-12-20-19-7-5-4-6-17(19)10-13-21(20)22(18)14-16/h5,7-9,11-12,14,24H,4,6,10,13,15H2,1-3H3. The van der Waals surface area contributed by atoms with Gasteiger partial charge in [0.1, 0.15) is 0 Å². The second kappa shape index (κ2) is 6.61. The Bertz CT molecular complexity index is 1070. The second-order valence-corrected chi connectivity index (χ2v) is 11.1. The summed E-state index contributed by atoms with van der Waals surface area (Å²) in [7, 11) is -3.35. The van der Waals surface area contributed by atoms with Crippen molar-refractivity contribution in [1.82, 2.24) is 4.72 Å². The SMILES string of the molecule is CC(C)(C)S(=O)(=O)NCc1ccc2ccc3c(c2c1)CCC1=C3C=CCC1. The summed E-state index contributed by atoms with van der Waals surface area (Å²) in [6.45, 7) is 5.48. The first kappa shape index (κ1) is 18.5. The van der Waals surface area contributed by atoms with Gasteiger partial charge >= 0.3 is 0 Å². The number of rotatable bonds is 3. The van der Waals surface area contributed by atoms with Gasteiger partial charge in [-0.1, -0.05) is 42.0 Å². The summed E-state index contributed by atoms with van der Waals surface area (Å²) < 4.78 is 26.7. The molecule has 0 saturated heterocycles. The maximum Gasteiger partial charge on any atom is 0.216 e. The van der Waals surface area contributed by atoms with E-state index in [-0.39, 0.29) is 0 Å². The van der Waals surface area contributed by atoms with Gasteiger partial charge in [0.15, 0.2) is 0 Å². The molecule has 0 fully saturated rings. The summed E-state index contributed by atoms with van der Waals surface area (Å²) in [6, 6.07) is 10.7. The fraction of sp³-hybridized carbons (Fsp3) is 0.391. The monoisotopic (exact) mass is 381 g/mol. The molecule has 4 rings (SSSR count). The van der Waals surface area contributed by atoms with Crippen molar-refractivity contribution in [2.24, 2.45) is 0 Å². The quantitative estimate of drug-likeness (QED) is 0.803. The molecule has 2 aromatic carbocycles. The number of allylic oxidation sites excluding steroid dienone is 4. The Morgan fingerprint density at radius 2 is 1.81 bits per heavy atom. The van der Waals surface area contributed by atoms with Gasteiger partial charge in [-0.2, -0.15) is 0 Å². The van der Waals surface area contributed by atoms with Gasteiger partial charge < -0.3 is 0 Å². The zero-order valence-corrected chi connectivity index (χ0v) is 17.1.